The molecule has 5 nitrogen and oxygen atoms in total. The van der Waals surface area contributed by atoms with Crippen LogP contribution < -0.4 is 14.2 Å². The van der Waals surface area contributed by atoms with Gasteiger partial charge in [0.25, 0.3) is 0 Å². The van der Waals surface area contributed by atoms with Crippen LogP contribution in [0.15, 0.2) is 12.1 Å². The highest BCUT2D eigenvalue weighted by atomic mass is 16.5. The Morgan fingerprint density at radius 2 is 1.44 bits per heavy atom. The first-order valence-corrected chi connectivity index (χ1v) is 5.46. The van der Waals surface area contributed by atoms with E-state index in [1.165, 1.54) is 5.56 Å². The number of carbonyl (C=O) groups excluding carboxylic acids is 2. The third kappa shape index (κ3) is 4.47. The van der Waals surface area contributed by atoms with E-state index in [0.29, 0.717) is 5.75 Å². The van der Waals surface area contributed by atoms with Crippen LogP contribution in [-0.4, -0.2) is 27.5 Å². The number of hydrogen-bond donors (Lipinski definition) is 0. The van der Waals surface area contributed by atoms with Crippen molar-refractivity contribution < 1.29 is 23.8 Å². The van der Waals surface area contributed by atoms with Crippen molar-refractivity contribution in [3.63, 3.8) is 0 Å². The van der Waals surface area contributed by atoms with Gasteiger partial charge in [0.1, 0.15) is 0 Å². The predicted octanol–water partition coefficient (Wildman–Crippen LogP) is 2.08. The Labute approximate surface area is 107 Å². The fraction of sp³-hybridized carbons (Fsp3) is 0.462. The highest BCUT2D eigenvalue weighted by molar-refractivity contribution is 5.53. The summed E-state index contributed by atoms with van der Waals surface area (Å²) in [5, 5.41) is 0. The zero-order valence-electron chi connectivity index (χ0n) is 11.1. The molecule has 0 radical (unpaired) electrons. The number of benzene rings is 1. The number of ether oxygens (including phenoxy) is 3. The quantitative estimate of drug-likeness (QED) is 0.805. The summed E-state index contributed by atoms with van der Waals surface area (Å²) in [6.07, 6.45) is 2.36. The first-order valence-electron chi connectivity index (χ1n) is 5.46. The molecule has 0 atom stereocenters. The minimum Gasteiger partial charge on any atom is -0.493 e. The smallest absolute Gasteiger partial charge is 0.373 e. The van der Waals surface area contributed by atoms with Gasteiger partial charge in [-0.15, -0.1) is 0 Å². The second-order valence-corrected chi connectivity index (χ2v) is 3.37. The summed E-state index contributed by atoms with van der Waals surface area (Å²) in [5.74, 6) is 2.10. The molecule has 0 heterocycles. The topological polar surface area (TPSA) is 61.8 Å². The van der Waals surface area contributed by atoms with E-state index in [-0.39, 0.29) is 6.15 Å². The molecule has 0 spiro atoms. The van der Waals surface area contributed by atoms with E-state index in [2.05, 4.69) is 6.92 Å². The maximum absolute atomic E-state index is 8.12. The summed E-state index contributed by atoms with van der Waals surface area (Å²) < 4.78 is 15.8. The normalized spacial score (nSPS) is 8.67. The molecule has 0 aromatic heterocycles. The van der Waals surface area contributed by atoms with E-state index < -0.39 is 0 Å². The van der Waals surface area contributed by atoms with Crippen LogP contribution >= 0.6 is 0 Å². The first kappa shape index (κ1) is 16.0. The summed E-state index contributed by atoms with van der Waals surface area (Å²) in [4.78, 5) is 16.2. The SMILES string of the molecule is CCCc1cc(OC)c(OC)c(OC)c1.O=C=O. The lowest BCUT2D eigenvalue weighted by molar-refractivity contribution is -0.191. The molecule has 0 aliphatic carbocycles. The van der Waals surface area contributed by atoms with Gasteiger partial charge in [-0.2, -0.15) is 9.59 Å². The van der Waals surface area contributed by atoms with Crippen molar-refractivity contribution >= 4 is 6.15 Å². The Balaban J connectivity index is 0.000000873. The van der Waals surface area contributed by atoms with Crippen LogP contribution in [0.25, 0.3) is 0 Å². The minimum absolute atomic E-state index is 0.250. The lowest BCUT2D eigenvalue weighted by atomic mass is 10.1. The van der Waals surface area contributed by atoms with Crippen LogP contribution in [0.4, 0.5) is 0 Å². The van der Waals surface area contributed by atoms with Gasteiger partial charge in [0.2, 0.25) is 5.75 Å². The maximum Gasteiger partial charge on any atom is 0.373 e. The van der Waals surface area contributed by atoms with E-state index in [9.17, 15) is 0 Å². The summed E-state index contributed by atoms with van der Waals surface area (Å²) >= 11 is 0. The van der Waals surface area contributed by atoms with Crippen LogP contribution in [0.1, 0.15) is 18.9 Å². The molecule has 0 amide bonds. The van der Waals surface area contributed by atoms with Gasteiger partial charge in [-0.05, 0) is 24.1 Å². The first-order chi connectivity index (χ1) is 8.68. The van der Waals surface area contributed by atoms with Crippen molar-refractivity contribution in [3.05, 3.63) is 17.7 Å². The number of rotatable bonds is 5. The fourth-order valence-electron chi connectivity index (χ4n) is 1.57. The molecule has 1 aromatic carbocycles. The van der Waals surface area contributed by atoms with Crippen molar-refractivity contribution in [2.24, 2.45) is 0 Å². The monoisotopic (exact) mass is 254 g/mol. The molecule has 0 aliphatic rings. The molecule has 0 saturated carbocycles. The second-order valence-electron chi connectivity index (χ2n) is 3.37. The molecule has 0 unspecified atom stereocenters. The van der Waals surface area contributed by atoms with E-state index in [1.807, 2.05) is 12.1 Å². The molecule has 1 aromatic rings. The Hall–Kier alpha value is -2.00. The van der Waals surface area contributed by atoms with Crippen molar-refractivity contribution in [2.45, 2.75) is 19.8 Å². The second kappa shape index (κ2) is 9.07. The van der Waals surface area contributed by atoms with Gasteiger partial charge in [-0.3, -0.25) is 0 Å². The third-order valence-corrected chi connectivity index (χ3v) is 2.26. The Bertz CT molecular complexity index is 369. The van der Waals surface area contributed by atoms with Crippen LogP contribution in [0.3, 0.4) is 0 Å². The lowest BCUT2D eigenvalue weighted by Gasteiger charge is -2.13. The summed E-state index contributed by atoms with van der Waals surface area (Å²) in [5.41, 5.74) is 1.20. The molecular weight excluding hydrogens is 236 g/mol. The van der Waals surface area contributed by atoms with E-state index in [4.69, 9.17) is 23.8 Å². The van der Waals surface area contributed by atoms with E-state index in [1.54, 1.807) is 21.3 Å². The highest BCUT2D eigenvalue weighted by Crippen LogP contribution is 2.38. The van der Waals surface area contributed by atoms with Crippen molar-refractivity contribution in [2.75, 3.05) is 21.3 Å². The molecule has 5 heteroatoms. The summed E-state index contributed by atoms with van der Waals surface area (Å²) in [7, 11) is 4.87. The number of hydrogen-bond acceptors (Lipinski definition) is 5. The van der Waals surface area contributed by atoms with Gasteiger partial charge in [-0.1, -0.05) is 13.3 Å². The largest absolute Gasteiger partial charge is 0.493 e. The standard InChI is InChI=1S/C12H18O3.CO2/c1-5-6-9-7-10(13-2)12(15-4)11(8-9)14-3;2-1-3/h7-8H,5-6H2,1-4H3;. The summed E-state index contributed by atoms with van der Waals surface area (Å²) in [6.45, 7) is 2.14. The van der Waals surface area contributed by atoms with Crippen LogP contribution in [-0.2, 0) is 16.0 Å². The highest BCUT2D eigenvalue weighted by Gasteiger charge is 2.12. The van der Waals surface area contributed by atoms with Crippen LogP contribution in [0, 0.1) is 0 Å². The molecule has 0 aliphatic heterocycles. The molecular formula is C13H18O5. The van der Waals surface area contributed by atoms with Gasteiger partial charge in [0, 0.05) is 0 Å². The number of aryl methyl sites for hydroxylation is 1. The molecule has 1 rings (SSSR count). The predicted molar refractivity (Wildman–Crippen MR) is 65.1 cm³/mol. The van der Waals surface area contributed by atoms with Crippen molar-refractivity contribution in [1.82, 2.24) is 0 Å². The Morgan fingerprint density at radius 1 is 1.00 bits per heavy atom. The molecule has 0 saturated heterocycles. The van der Waals surface area contributed by atoms with Gasteiger partial charge in [0.05, 0.1) is 21.3 Å². The van der Waals surface area contributed by atoms with Crippen LogP contribution in [0.2, 0.25) is 0 Å². The van der Waals surface area contributed by atoms with Gasteiger partial charge in [0.15, 0.2) is 11.5 Å². The van der Waals surface area contributed by atoms with Crippen LogP contribution in [0.5, 0.6) is 17.2 Å². The average molecular weight is 254 g/mol. The summed E-state index contributed by atoms with van der Waals surface area (Å²) in [6, 6.07) is 3.98. The number of methoxy groups -OCH3 is 3. The molecule has 0 bridgehead atoms. The molecule has 0 N–H and O–H groups in total. The van der Waals surface area contributed by atoms with E-state index in [0.717, 1.165) is 24.3 Å². The molecule has 18 heavy (non-hydrogen) atoms. The van der Waals surface area contributed by atoms with Gasteiger partial charge in [-0.25, -0.2) is 0 Å². The van der Waals surface area contributed by atoms with Gasteiger partial charge >= 0.3 is 6.15 Å². The molecule has 100 valence electrons. The Morgan fingerprint density at radius 3 is 1.72 bits per heavy atom. The zero-order valence-corrected chi connectivity index (χ0v) is 11.1. The van der Waals surface area contributed by atoms with Crippen molar-refractivity contribution in [3.8, 4) is 17.2 Å². The van der Waals surface area contributed by atoms with Gasteiger partial charge < -0.3 is 14.2 Å². The Kier molecular flexibility index (Phi) is 8.07. The zero-order chi connectivity index (χ0) is 14.0. The lowest BCUT2D eigenvalue weighted by Crippen LogP contribution is -1.96. The third-order valence-electron chi connectivity index (χ3n) is 2.26. The fourth-order valence-corrected chi connectivity index (χ4v) is 1.57. The molecule has 0 fully saturated rings. The van der Waals surface area contributed by atoms with Crippen molar-refractivity contribution in [1.29, 1.82) is 0 Å². The maximum atomic E-state index is 8.12. The van der Waals surface area contributed by atoms with E-state index >= 15 is 0 Å². The average Bonchev–Trinajstić information content (AvgIpc) is 2.38. The minimum atomic E-state index is 0.250.